The molecule has 1 atom stereocenters. The Labute approximate surface area is 167 Å². The van der Waals surface area contributed by atoms with E-state index in [4.69, 9.17) is 0 Å². The summed E-state index contributed by atoms with van der Waals surface area (Å²) < 4.78 is 2.09. The van der Waals surface area contributed by atoms with E-state index in [0.29, 0.717) is 11.7 Å². The lowest BCUT2D eigenvalue weighted by molar-refractivity contribution is 0.124. The molecule has 0 spiro atoms. The minimum atomic E-state index is 0.418. The number of halogens is 2. The van der Waals surface area contributed by atoms with Crippen LogP contribution in [0.5, 0.6) is 5.75 Å². The normalized spacial score (nSPS) is 18.3. The molecule has 0 bridgehead atoms. The topological polar surface area (TPSA) is 38.7 Å². The summed E-state index contributed by atoms with van der Waals surface area (Å²) in [6, 6.07) is 4.05. The third-order valence-electron chi connectivity index (χ3n) is 4.40. The molecule has 1 aromatic rings. The number of rotatable bonds is 7. The number of nitrogens with zero attached hydrogens (tertiary/aromatic N) is 2. The van der Waals surface area contributed by atoms with E-state index in [-0.39, 0.29) is 0 Å². The molecule has 2 N–H and O–H groups in total. The van der Waals surface area contributed by atoms with Crippen molar-refractivity contribution in [2.75, 3.05) is 45.8 Å². The van der Waals surface area contributed by atoms with Crippen LogP contribution in [0.4, 0.5) is 0 Å². The van der Waals surface area contributed by atoms with Gasteiger partial charge in [-0.1, -0.05) is 13.8 Å². The first-order valence-corrected chi connectivity index (χ1v) is 10.5. The smallest absolute Gasteiger partial charge is 0.133 e. The van der Waals surface area contributed by atoms with Gasteiger partial charge in [-0.15, -0.1) is 0 Å². The first-order chi connectivity index (χ1) is 11.0. The molecule has 0 aliphatic carbocycles. The first-order valence-electron chi connectivity index (χ1n) is 8.32. The molecule has 0 aromatic heterocycles. The Morgan fingerprint density at radius 1 is 1.17 bits per heavy atom. The molecular formula is C17H27I2N3O. The second-order valence-electron chi connectivity index (χ2n) is 6.37. The summed E-state index contributed by atoms with van der Waals surface area (Å²) in [6.45, 7) is 13.4. The van der Waals surface area contributed by atoms with E-state index in [1.165, 1.54) is 36.3 Å². The van der Waals surface area contributed by atoms with Crippen molar-refractivity contribution in [3.05, 3.63) is 24.8 Å². The minimum Gasteiger partial charge on any atom is -0.507 e. The zero-order valence-electron chi connectivity index (χ0n) is 14.0. The molecule has 1 aliphatic rings. The van der Waals surface area contributed by atoms with Gasteiger partial charge in [0.25, 0.3) is 0 Å². The number of phenols is 1. The first kappa shape index (κ1) is 19.7. The molecular weight excluding hydrogens is 516 g/mol. The number of hydrogen-bond acceptors (Lipinski definition) is 4. The molecule has 1 aliphatic heterocycles. The lowest BCUT2D eigenvalue weighted by atomic mass is 10.1. The van der Waals surface area contributed by atoms with Gasteiger partial charge in [0.05, 0.1) is 3.57 Å². The molecule has 130 valence electrons. The highest BCUT2D eigenvalue weighted by Crippen LogP contribution is 2.26. The van der Waals surface area contributed by atoms with Crippen molar-refractivity contribution < 1.29 is 5.11 Å². The highest BCUT2D eigenvalue weighted by molar-refractivity contribution is 14.1. The second kappa shape index (κ2) is 9.74. The number of phenolic OH excluding ortho intramolecular Hbond substituents is 1. The summed E-state index contributed by atoms with van der Waals surface area (Å²) >= 11 is 4.49. The van der Waals surface area contributed by atoms with E-state index in [2.05, 4.69) is 80.2 Å². The van der Waals surface area contributed by atoms with Crippen molar-refractivity contribution in [3.8, 4) is 5.75 Å². The summed E-state index contributed by atoms with van der Waals surface area (Å²) in [5, 5.41) is 13.6. The average Bonchev–Trinajstić information content (AvgIpc) is 2.52. The molecule has 23 heavy (non-hydrogen) atoms. The molecule has 1 aromatic carbocycles. The van der Waals surface area contributed by atoms with Gasteiger partial charge >= 0.3 is 0 Å². The van der Waals surface area contributed by atoms with Crippen LogP contribution in [0.15, 0.2) is 12.1 Å². The van der Waals surface area contributed by atoms with E-state index in [9.17, 15) is 5.11 Å². The fraction of sp³-hybridized carbons (Fsp3) is 0.647. The predicted octanol–water partition coefficient (Wildman–Crippen LogP) is 2.96. The molecule has 1 unspecified atom stereocenters. The Balaban J connectivity index is 1.72. The van der Waals surface area contributed by atoms with E-state index < -0.39 is 0 Å². The maximum atomic E-state index is 10.1. The van der Waals surface area contributed by atoms with Crippen molar-refractivity contribution in [1.82, 2.24) is 15.1 Å². The van der Waals surface area contributed by atoms with E-state index in [0.717, 1.165) is 28.8 Å². The van der Waals surface area contributed by atoms with Gasteiger partial charge in [0.1, 0.15) is 5.75 Å². The predicted molar refractivity (Wildman–Crippen MR) is 113 cm³/mol. The van der Waals surface area contributed by atoms with Crippen molar-refractivity contribution in [2.24, 2.45) is 5.92 Å². The lowest BCUT2D eigenvalue weighted by Crippen LogP contribution is -2.48. The third kappa shape index (κ3) is 6.30. The fourth-order valence-corrected chi connectivity index (χ4v) is 4.97. The van der Waals surface area contributed by atoms with Crippen molar-refractivity contribution in [1.29, 1.82) is 0 Å². The van der Waals surface area contributed by atoms with Crippen LogP contribution in [-0.2, 0) is 6.54 Å². The number of nitrogens with one attached hydrogen (secondary N) is 1. The zero-order valence-corrected chi connectivity index (χ0v) is 18.3. The van der Waals surface area contributed by atoms with Crippen LogP contribution >= 0.6 is 45.2 Å². The van der Waals surface area contributed by atoms with Crippen LogP contribution in [0, 0.1) is 13.1 Å². The maximum Gasteiger partial charge on any atom is 0.133 e. The van der Waals surface area contributed by atoms with Crippen LogP contribution in [-0.4, -0.2) is 60.7 Å². The summed E-state index contributed by atoms with van der Waals surface area (Å²) in [4.78, 5) is 5.09. The number of aromatic hydroxyl groups is 1. The largest absolute Gasteiger partial charge is 0.507 e. The monoisotopic (exact) mass is 543 g/mol. The summed E-state index contributed by atoms with van der Waals surface area (Å²) in [5.74, 6) is 1.04. The third-order valence-corrected chi connectivity index (χ3v) is 5.84. The summed E-state index contributed by atoms with van der Waals surface area (Å²) in [5.41, 5.74) is 0.991. The highest BCUT2D eigenvalue weighted by atomic mass is 127. The quantitative estimate of drug-likeness (QED) is 0.520. The molecule has 0 radical (unpaired) electrons. The van der Waals surface area contributed by atoms with Gasteiger partial charge in [0.2, 0.25) is 0 Å². The molecule has 2 rings (SSSR count). The fourth-order valence-electron chi connectivity index (χ4n) is 3.00. The average molecular weight is 543 g/mol. The van der Waals surface area contributed by atoms with Crippen LogP contribution in [0.1, 0.15) is 19.4 Å². The highest BCUT2D eigenvalue weighted by Gasteiger charge is 2.17. The lowest BCUT2D eigenvalue weighted by Gasteiger charge is -2.35. The SMILES string of the molecule is CCN1CCN(CC(C)CNCc2cc(I)cc(I)c2O)CC1. The number of benzene rings is 1. The maximum absolute atomic E-state index is 10.1. The van der Waals surface area contributed by atoms with Crippen molar-refractivity contribution >= 4 is 45.2 Å². The number of likely N-dealkylation sites (N-methyl/N-ethyl adjacent to an activating group) is 1. The van der Waals surface area contributed by atoms with Gasteiger partial charge in [0, 0.05) is 48.4 Å². The van der Waals surface area contributed by atoms with Gasteiger partial charge in [-0.25, -0.2) is 0 Å². The van der Waals surface area contributed by atoms with Crippen LogP contribution in [0.25, 0.3) is 0 Å². The van der Waals surface area contributed by atoms with Crippen molar-refractivity contribution in [2.45, 2.75) is 20.4 Å². The van der Waals surface area contributed by atoms with Crippen molar-refractivity contribution in [3.63, 3.8) is 0 Å². The van der Waals surface area contributed by atoms with Gasteiger partial charge in [-0.3, -0.25) is 0 Å². The van der Waals surface area contributed by atoms with E-state index in [1.807, 2.05) is 6.07 Å². The second-order valence-corrected chi connectivity index (χ2v) is 8.77. The molecule has 1 saturated heterocycles. The molecule has 1 heterocycles. The van der Waals surface area contributed by atoms with Gasteiger partial charge in [-0.05, 0) is 76.3 Å². The van der Waals surface area contributed by atoms with Crippen LogP contribution in [0.3, 0.4) is 0 Å². The number of piperazine rings is 1. The van der Waals surface area contributed by atoms with E-state index in [1.54, 1.807) is 0 Å². The van der Waals surface area contributed by atoms with Gasteiger partial charge in [-0.2, -0.15) is 0 Å². The zero-order chi connectivity index (χ0) is 16.8. The van der Waals surface area contributed by atoms with Gasteiger partial charge in [0.15, 0.2) is 0 Å². The summed E-state index contributed by atoms with van der Waals surface area (Å²) in [6.07, 6.45) is 0. The van der Waals surface area contributed by atoms with Crippen LogP contribution < -0.4 is 5.32 Å². The van der Waals surface area contributed by atoms with Gasteiger partial charge < -0.3 is 20.2 Å². The standard InChI is InChI=1S/C17H27I2N3O/c1-3-21-4-6-22(7-5-21)12-13(2)10-20-11-14-8-15(18)9-16(19)17(14)23/h8-9,13,20,23H,3-7,10-12H2,1-2H3. The molecule has 0 saturated carbocycles. The molecule has 0 amide bonds. The molecule has 4 nitrogen and oxygen atoms in total. The minimum absolute atomic E-state index is 0.418. The Morgan fingerprint density at radius 3 is 2.48 bits per heavy atom. The molecule has 1 fully saturated rings. The Hall–Kier alpha value is 0.360. The summed E-state index contributed by atoms with van der Waals surface area (Å²) in [7, 11) is 0. The van der Waals surface area contributed by atoms with E-state index >= 15 is 0 Å². The number of hydrogen-bond donors (Lipinski definition) is 2. The Bertz CT molecular complexity index is 505. The van der Waals surface area contributed by atoms with Crippen LogP contribution in [0.2, 0.25) is 0 Å². The molecule has 6 heteroatoms. The Morgan fingerprint density at radius 2 is 1.83 bits per heavy atom. The Kier molecular flexibility index (Phi) is 8.34.